The third-order valence-electron chi connectivity index (χ3n) is 7.26. The summed E-state index contributed by atoms with van der Waals surface area (Å²) >= 11 is 3.37. The maximum atomic E-state index is 14.1. The zero-order valence-corrected chi connectivity index (χ0v) is 25.4. The van der Waals surface area contributed by atoms with Gasteiger partial charge in [-0.2, -0.15) is 0 Å². The van der Waals surface area contributed by atoms with Crippen molar-refractivity contribution in [3.8, 4) is 0 Å². The monoisotopic (exact) mass is 643 g/mol. The third kappa shape index (κ3) is 8.87. The minimum Gasteiger partial charge on any atom is -0.352 e. The van der Waals surface area contributed by atoms with Crippen LogP contribution in [-0.4, -0.2) is 50.0 Å². The lowest BCUT2D eigenvalue weighted by Gasteiger charge is -2.35. The first kappa shape index (κ1) is 30.7. The van der Waals surface area contributed by atoms with Gasteiger partial charge in [-0.15, -0.1) is 0 Å². The van der Waals surface area contributed by atoms with Gasteiger partial charge in [-0.25, -0.2) is 12.8 Å². The zero-order valence-electron chi connectivity index (χ0n) is 23.0. The van der Waals surface area contributed by atoms with Gasteiger partial charge in [0.2, 0.25) is 21.8 Å². The molecule has 0 aliphatic heterocycles. The fraction of sp³-hybridized carbons (Fsp3) is 0.355. The minimum absolute atomic E-state index is 0.00475. The molecule has 0 radical (unpaired) electrons. The van der Waals surface area contributed by atoms with Crippen LogP contribution in [-0.2, 0) is 32.6 Å². The molecule has 7 nitrogen and oxygen atoms in total. The number of nitrogens with one attached hydrogen (secondary N) is 1. The van der Waals surface area contributed by atoms with E-state index in [1.165, 1.54) is 17.0 Å². The van der Waals surface area contributed by atoms with E-state index >= 15 is 0 Å². The number of rotatable bonds is 11. The first-order valence-corrected chi connectivity index (χ1v) is 16.4. The second kappa shape index (κ2) is 14.1. The molecule has 3 aromatic carbocycles. The van der Waals surface area contributed by atoms with Crippen LogP contribution in [0.5, 0.6) is 0 Å². The normalized spacial score (nSPS) is 14.7. The molecule has 1 aliphatic carbocycles. The first-order chi connectivity index (χ1) is 19.6. The Morgan fingerprint density at radius 1 is 0.951 bits per heavy atom. The Morgan fingerprint density at radius 3 is 2.27 bits per heavy atom. The van der Waals surface area contributed by atoms with E-state index in [-0.39, 0.29) is 24.9 Å². The van der Waals surface area contributed by atoms with E-state index < -0.39 is 34.3 Å². The highest BCUT2D eigenvalue weighted by molar-refractivity contribution is 9.10. The molecule has 2 amide bonds. The first-order valence-electron chi connectivity index (χ1n) is 13.7. The van der Waals surface area contributed by atoms with E-state index in [9.17, 15) is 22.4 Å². The summed E-state index contributed by atoms with van der Waals surface area (Å²) in [6, 6.07) is 20.9. The smallest absolute Gasteiger partial charge is 0.244 e. The van der Waals surface area contributed by atoms with Gasteiger partial charge in [0.25, 0.3) is 0 Å². The van der Waals surface area contributed by atoms with Crippen LogP contribution in [0.2, 0.25) is 0 Å². The van der Waals surface area contributed by atoms with Crippen LogP contribution in [0.3, 0.4) is 0 Å². The Morgan fingerprint density at radius 2 is 1.63 bits per heavy atom. The van der Waals surface area contributed by atoms with Crippen LogP contribution in [0, 0.1) is 5.82 Å². The summed E-state index contributed by atoms with van der Waals surface area (Å²) in [5.41, 5.74) is 1.81. The standard InChI is InChI=1S/C31H35BrFN3O4S/c1-41(39,40)36(28-14-8-11-25(32)20-28)22-30(37)35(21-24-15-17-26(33)18-16-24)29(19-23-9-4-2-5-10-23)31(38)34-27-12-6-3-7-13-27/h2,4-5,8-11,14-18,20,27,29H,3,6-7,12-13,19,21-22H2,1H3,(H,34,38). The van der Waals surface area contributed by atoms with Crippen LogP contribution < -0.4 is 9.62 Å². The number of nitrogens with zero attached hydrogens (tertiary/aromatic N) is 2. The predicted molar refractivity (Wildman–Crippen MR) is 162 cm³/mol. The number of halogens is 2. The number of amides is 2. The van der Waals surface area contributed by atoms with Crippen molar-refractivity contribution in [1.29, 1.82) is 0 Å². The Kier molecular flexibility index (Phi) is 10.6. The predicted octanol–water partition coefficient (Wildman–Crippen LogP) is 5.44. The van der Waals surface area contributed by atoms with Crippen LogP contribution in [0.25, 0.3) is 0 Å². The molecule has 0 aromatic heterocycles. The molecule has 1 fully saturated rings. The average molecular weight is 645 g/mol. The lowest BCUT2D eigenvalue weighted by molar-refractivity contribution is -0.140. The summed E-state index contributed by atoms with van der Waals surface area (Å²) in [6.45, 7) is -0.497. The fourth-order valence-corrected chi connectivity index (χ4v) is 6.36. The Bertz CT molecular complexity index is 1430. The summed E-state index contributed by atoms with van der Waals surface area (Å²) < 4.78 is 41.2. The quantitative estimate of drug-likeness (QED) is 0.301. The van der Waals surface area contributed by atoms with Crippen LogP contribution in [0.4, 0.5) is 10.1 Å². The molecular formula is C31H35BrFN3O4S. The number of benzene rings is 3. The molecule has 1 N–H and O–H groups in total. The van der Waals surface area contributed by atoms with E-state index in [1.54, 1.807) is 36.4 Å². The number of sulfonamides is 1. The van der Waals surface area contributed by atoms with Crippen molar-refractivity contribution in [2.24, 2.45) is 0 Å². The Hall–Kier alpha value is -3.24. The van der Waals surface area contributed by atoms with Gasteiger partial charge >= 0.3 is 0 Å². The zero-order chi connectivity index (χ0) is 29.4. The average Bonchev–Trinajstić information content (AvgIpc) is 2.95. The minimum atomic E-state index is -3.85. The molecule has 3 aromatic rings. The summed E-state index contributed by atoms with van der Waals surface area (Å²) in [4.78, 5) is 29.4. The highest BCUT2D eigenvalue weighted by Crippen LogP contribution is 2.24. The summed E-state index contributed by atoms with van der Waals surface area (Å²) in [5, 5.41) is 3.16. The highest BCUT2D eigenvalue weighted by atomic mass is 79.9. The fourth-order valence-electron chi connectivity index (χ4n) is 5.13. The van der Waals surface area contributed by atoms with Crippen molar-refractivity contribution in [2.45, 2.75) is 57.2 Å². The number of carbonyl (C=O) groups is 2. The molecule has 1 atom stereocenters. The third-order valence-corrected chi connectivity index (χ3v) is 8.90. The van der Waals surface area contributed by atoms with Gasteiger partial charge in [0, 0.05) is 23.5 Å². The van der Waals surface area contributed by atoms with Crippen molar-refractivity contribution in [3.63, 3.8) is 0 Å². The van der Waals surface area contributed by atoms with Crippen LogP contribution in [0.15, 0.2) is 83.3 Å². The molecule has 4 rings (SSSR count). The van der Waals surface area contributed by atoms with E-state index in [0.29, 0.717) is 15.7 Å². The van der Waals surface area contributed by atoms with Gasteiger partial charge in [0.05, 0.1) is 11.9 Å². The maximum Gasteiger partial charge on any atom is 0.244 e. The van der Waals surface area contributed by atoms with Gasteiger partial charge in [-0.05, 0) is 54.3 Å². The molecular weight excluding hydrogens is 609 g/mol. The highest BCUT2D eigenvalue weighted by Gasteiger charge is 2.34. The number of hydrogen-bond acceptors (Lipinski definition) is 4. The molecule has 0 bridgehead atoms. The maximum absolute atomic E-state index is 14.1. The number of carbonyl (C=O) groups excluding carboxylic acids is 2. The Balaban J connectivity index is 1.71. The van der Waals surface area contributed by atoms with Gasteiger partial charge in [0.15, 0.2) is 0 Å². The largest absolute Gasteiger partial charge is 0.352 e. The molecule has 218 valence electrons. The van der Waals surface area contributed by atoms with Crippen LogP contribution >= 0.6 is 15.9 Å². The van der Waals surface area contributed by atoms with E-state index in [2.05, 4.69) is 21.2 Å². The molecule has 1 aliphatic rings. The SMILES string of the molecule is CS(=O)(=O)N(CC(=O)N(Cc1ccc(F)cc1)C(Cc1ccccc1)C(=O)NC1CCCCC1)c1cccc(Br)c1. The van der Waals surface area contributed by atoms with Crippen molar-refractivity contribution in [2.75, 3.05) is 17.1 Å². The van der Waals surface area contributed by atoms with Gasteiger partial charge < -0.3 is 10.2 Å². The summed E-state index contributed by atoms with van der Waals surface area (Å²) in [7, 11) is -3.85. The van der Waals surface area contributed by atoms with E-state index in [1.807, 2.05) is 30.3 Å². The molecule has 0 spiro atoms. The van der Waals surface area contributed by atoms with Gasteiger partial charge in [-0.3, -0.25) is 13.9 Å². The lowest BCUT2D eigenvalue weighted by Crippen LogP contribution is -2.55. The number of hydrogen-bond donors (Lipinski definition) is 1. The van der Waals surface area contributed by atoms with Crippen molar-refractivity contribution in [1.82, 2.24) is 10.2 Å². The second-order valence-electron chi connectivity index (χ2n) is 10.4. The molecule has 0 heterocycles. The molecule has 0 saturated heterocycles. The van der Waals surface area contributed by atoms with Crippen molar-refractivity contribution in [3.05, 3.63) is 100 Å². The van der Waals surface area contributed by atoms with E-state index in [0.717, 1.165) is 48.2 Å². The molecule has 10 heteroatoms. The molecule has 1 saturated carbocycles. The second-order valence-corrected chi connectivity index (χ2v) is 13.3. The van der Waals surface area contributed by atoms with Crippen molar-refractivity contribution < 1.29 is 22.4 Å². The molecule has 1 unspecified atom stereocenters. The van der Waals surface area contributed by atoms with Crippen molar-refractivity contribution >= 4 is 43.5 Å². The van der Waals surface area contributed by atoms with E-state index in [4.69, 9.17) is 0 Å². The number of anilines is 1. The van der Waals surface area contributed by atoms with Gasteiger partial charge in [-0.1, -0.05) is 83.7 Å². The topological polar surface area (TPSA) is 86.8 Å². The summed E-state index contributed by atoms with van der Waals surface area (Å²) in [5.74, 6) is -1.25. The van der Waals surface area contributed by atoms with Gasteiger partial charge in [0.1, 0.15) is 18.4 Å². The molecule has 41 heavy (non-hydrogen) atoms. The lowest BCUT2D eigenvalue weighted by atomic mass is 9.94. The summed E-state index contributed by atoms with van der Waals surface area (Å²) in [6.07, 6.45) is 6.22. The van der Waals surface area contributed by atoms with Crippen LogP contribution in [0.1, 0.15) is 43.2 Å². The Labute approximate surface area is 249 Å².